The van der Waals surface area contributed by atoms with Crippen LogP contribution in [0.25, 0.3) is 21.5 Å². The fourth-order valence-electron chi connectivity index (χ4n) is 5.16. The number of aliphatic hydroxyl groups excluding tert-OH is 1. The van der Waals surface area contributed by atoms with E-state index in [9.17, 15) is 13.5 Å². The van der Waals surface area contributed by atoms with Crippen molar-refractivity contribution in [3.05, 3.63) is 28.3 Å². The third-order valence-corrected chi connectivity index (χ3v) is 9.25. The molecule has 3 aromatic rings. The monoisotopic (exact) mass is 561 g/mol. The molecule has 0 saturated carbocycles. The number of piperidine rings is 1. The van der Waals surface area contributed by atoms with E-state index in [0.717, 1.165) is 53.9 Å². The van der Waals surface area contributed by atoms with Gasteiger partial charge in [-0.05, 0) is 44.8 Å². The Morgan fingerprint density at radius 2 is 1.92 bits per heavy atom. The smallest absolute Gasteiger partial charge is 0.226 e. The molecule has 2 saturated heterocycles. The Morgan fingerprint density at radius 3 is 2.58 bits per heavy atom. The van der Waals surface area contributed by atoms with Crippen LogP contribution in [-0.2, 0) is 26.9 Å². The van der Waals surface area contributed by atoms with Crippen LogP contribution in [0.15, 0.2) is 12.3 Å². The van der Waals surface area contributed by atoms with Gasteiger partial charge in [-0.3, -0.25) is 4.90 Å². The maximum Gasteiger partial charge on any atom is 0.226 e. The molecule has 0 bridgehead atoms. The van der Waals surface area contributed by atoms with Gasteiger partial charge in [0.25, 0.3) is 0 Å². The minimum Gasteiger partial charge on any atom is -0.481 e. The van der Waals surface area contributed by atoms with Gasteiger partial charge in [0.15, 0.2) is 9.84 Å². The molecule has 38 heavy (non-hydrogen) atoms. The van der Waals surface area contributed by atoms with Crippen LogP contribution in [0, 0.1) is 12.8 Å². The highest BCUT2D eigenvalue weighted by Gasteiger charge is 2.25. The molecular weight excluding hydrogens is 526 g/mol. The van der Waals surface area contributed by atoms with E-state index >= 15 is 0 Å². The summed E-state index contributed by atoms with van der Waals surface area (Å²) in [4.78, 5) is 20.3. The summed E-state index contributed by atoms with van der Waals surface area (Å²) in [6.07, 6.45) is 4.90. The number of aliphatic hydroxyl groups is 1. The van der Waals surface area contributed by atoms with Gasteiger partial charge in [0, 0.05) is 60.3 Å². The number of thiophene rings is 1. The lowest BCUT2D eigenvalue weighted by Crippen LogP contribution is -2.37. The van der Waals surface area contributed by atoms with Crippen LogP contribution in [0.4, 0.5) is 5.95 Å². The van der Waals surface area contributed by atoms with Gasteiger partial charge in [-0.25, -0.2) is 23.4 Å². The van der Waals surface area contributed by atoms with Crippen LogP contribution >= 0.6 is 11.3 Å². The fraction of sp³-hybridized carbons (Fsp3) is 0.577. The number of ether oxygens (including phenoxy) is 2. The Hall–Kier alpha value is -2.38. The molecule has 2 aliphatic rings. The second-order valence-corrected chi connectivity index (χ2v) is 13.5. The molecule has 0 radical (unpaired) electrons. The summed E-state index contributed by atoms with van der Waals surface area (Å²) in [6, 6.07) is 1.83. The van der Waals surface area contributed by atoms with Crippen LogP contribution in [0.1, 0.15) is 28.8 Å². The summed E-state index contributed by atoms with van der Waals surface area (Å²) in [6.45, 7) is 7.73. The quantitative estimate of drug-likeness (QED) is 0.440. The lowest BCUT2D eigenvalue weighted by molar-refractivity contribution is 0.122. The number of nitrogens with zero attached hydrogens (tertiary/aromatic N) is 5. The van der Waals surface area contributed by atoms with Crippen molar-refractivity contribution in [3.8, 4) is 17.1 Å². The summed E-state index contributed by atoms with van der Waals surface area (Å²) in [5.41, 5.74) is 4.13. The van der Waals surface area contributed by atoms with Gasteiger partial charge in [-0.15, -0.1) is 11.3 Å². The maximum absolute atomic E-state index is 12.1. The Bertz CT molecular complexity index is 1400. The van der Waals surface area contributed by atoms with Crippen molar-refractivity contribution < 1.29 is 23.0 Å². The SMILES string of the molecule is COc1ncc(-c2nc(N3CCOCC3)nc3c(CN4CCC(CO)CC4)c(C)sc23)cc1CS(C)(=O)=O. The lowest BCUT2D eigenvalue weighted by Gasteiger charge is -2.31. The van der Waals surface area contributed by atoms with Gasteiger partial charge in [0.2, 0.25) is 11.8 Å². The molecule has 206 valence electrons. The first-order valence-corrected chi connectivity index (χ1v) is 15.8. The number of pyridine rings is 1. The van der Waals surface area contributed by atoms with Crippen molar-refractivity contribution >= 4 is 37.3 Å². The number of aromatic nitrogens is 3. The molecule has 0 atom stereocenters. The van der Waals surface area contributed by atoms with E-state index in [-0.39, 0.29) is 12.4 Å². The second kappa shape index (κ2) is 11.4. The maximum atomic E-state index is 12.1. The lowest BCUT2D eigenvalue weighted by atomic mass is 9.97. The number of hydrogen-bond donors (Lipinski definition) is 1. The van der Waals surface area contributed by atoms with Crippen molar-refractivity contribution in [2.24, 2.45) is 5.92 Å². The average Bonchev–Trinajstić information content (AvgIpc) is 3.22. The van der Waals surface area contributed by atoms with Crippen molar-refractivity contribution in [3.63, 3.8) is 0 Å². The molecule has 0 spiro atoms. The number of sulfone groups is 1. The molecule has 5 rings (SSSR count). The number of fused-ring (bicyclic) bond motifs is 1. The Kier molecular flexibility index (Phi) is 8.15. The normalized spacial score (nSPS) is 17.8. The van der Waals surface area contributed by atoms with E-state index in [2.05, 4.69) is 21.7 Å². The van der Waals surface area contributed by atoms with E-state index in [0.29, 0.717) is 49.6 Å². The third-order valence-electron chi connectivity index (χ3n) is 7.27. The molecule has 0 aliphatic carbocycles. The molecule has 2 aliphatic heterocycles. The van der Waals surface area contributed by atoms with E-state index in [1.165, 1.54) is 23.8 Å². The number of aryl methyl sites for hydroxylation is 1. The van der Waals surface area contributed by atoms with Crippen LogP contribution < -0.4 is 9.64 Å². The fourth-order valence-corrected chi connectivity index (χ4v) is 7.04. The molecule has 0 amide bonds. The van der Waals surface area contributed by atoms with E-state index in [1.807, 2.05) is 6.07 Å². The predicted molar refractivity (Wildman–Crippen MR) is 149 cm³/mol. The first-order chi connectivity index (χ1) is 18.3. The second-order valence-electron chi connectivity index (χ2n) is 10.2. The average molecular weight is 562 g/mol. The van der Waals surface area contributed by atoms with Crippen molar-refractivity contribution in [1.82, 2.24) is 19.9 Å². The molecule has 10 nitrogen and oxygen atoms in total. The van der Waals surface area contributed by atoms with Gasteiger partial charge in [0.1, 0.15) is 0 Å². The zero-order valence-corrected chi connectivity index (χ0v) is 23.8. The van der Waals surface area contributed by atoms with Gasteiger partial charge >= 0.3 is 0 Å². The number of morpholine rings is 1. The molecule has 1 N–H and O–H groups in total. The summed E-state index contributed by atoms with van der Waals surface area (Å²) >= 11 is 1.67. The standard InChI is InChI=1S/C26H35N5O5S2/c1-17-21(14-30-6-4-18(15-32)5-7-30)23-24(37-17)22(28-26(29-23)31-8-10-36-11-9-31)19-12-20(16-38(3,33)34)25(35-2)27-13-19/h12-13,18,32H,4-11,14-16H2,1-3H3. The molecule has 0 aromatic carbocycles. The zero-order chi connectivity index (χ0) is 26.9. The van der Waals surface area contributed by atoms with Crippen molar-refractivity contribution in [2.75, 3.05) is 64.3 Å². The van der Waals surface area contributed by atoms with Gasteiger partial charge in [-0.2, -0.15) is 0 Å². The Balaban J connectivity index is 1.61. The number of likely N-dealkylation sites (tertiary alicyclic amines) is 1. The van der Waals surface area contributed by atoms with E-state index < -0.39 is 9.84 Å². The van der Waals surface area contributed by atoms with E-state index in [1.54, 1.807) is 17.5 Å². The van der Waals surface area contributed by atoms with Crippen molar-refractivity contribution in [1.29, 1.82) is 0 Å². The van der Waals surface area contributed by atoms with Crippen LogP contribution in [0.5, 0.6) is 5.88 Å². The summed E-state index contributed by atoms with van der Waals surface area (Å²) < 4.78 is 36.1. The molecule has 0 unspecified atom stereocenters. The topological polar surface area (TPSA) is 118 Å². The van der Waals surface area contributed by atoms with Crippen LogP contribution in [-0.4, -0.2) is 92.7 Å². The molecular formula is C26H35N5O5S2. The summed E-state index contributed by atoms with van der Waals surface area (Å²) in [5, 5.41) is 9.53. The van der Waals surface area contributed by atoms with Crippen LogP contribution in [0.2, 0.25) is 0 Å². The predicted octanol–water partition coefficient (Wildman–Crippen LogP) is 2.66. The molecule has 3 aromatic heterocycles. The van der Waals surface area contributed by atoms with Crippen LogP contribution in [0.3, 0.4) is 0 Å². The highest BCUT2D eigenvalue weighted by molar-refractivity contribution is 7.89. The van der Waals surface area contributed by atoms with Gasteiger partial charge in [-0.1, -0.05) is 0 Å². The minimum atomic E-state index is -3.29. The number of rotatable bonds is 8. The largest absolute Gasteiger partial charge is 0.481 e. The number of anilines is 1. The molecule has 5 heterocycles. The number of methoxy groups -OCH3 is 1. The highest BCUT2D eigenvalue weighted by atomic mass is 32.2. The van der Waals surface area contributed by atoms with Gasteiger partial charge < -0.3 is 19.5 Å². The van der Waals surface area contributed by atoms with E-state index in [4.69, 9.17) is 19.4 Å². The minimum absolute atomic E-state index is 0.167. The Labute approximate surface area is 227 Å². The third kappa shape index (κ3) is 5.94. The first kappa shape index (κ1) is 27.2. The number of hydrogen-bond acceptors (Lipinski definition) is 11. The first-order valence-electron chi connectivity index (χ1n) is 12.9. The molecule has 2 fully saturated rings. The van der Waals surface area contributed by atoms with Gasteiger partial charge in [0.05, 0.1) is 42.0 Å². The highest BCUT2D eigenvalue weighted by Crippen LogP contribution is 2.39. The zero-order valence-electron chi connectivity index (χ0n) is 22.1. The summed E-state index contributed by atoms with van der Waals surface area (Å²) in [5.74, 6) is 1.17. The molecule has 12 heteroatoms. The Morgan fingerprint density at radius 1 is 1.18 bits per heavy atom. The van der Waals surface area contributed by atoms with Crippen molar-refractivity contribution in [2.45, 2.75) is 32.1 Å². The summed E-state index contributed by atoms with van der Waals surface area (Å²) in [7, 11) is -1.80.